The van der Waals surface area contributed by atoms with Crippen LogP contribution in [0.25, 0.3) is 6.08 Å². The van der Waals surface area contributed by atoms with Gasteiger partial charge in [-0.1, -0.05) is 54.1 Å². The van der Waals surface area contributed by atoms with Crippen LogP contribution in [-0.4, -0.2) is 71.1 Å². The van der Waals surface area contributed by atoms with Gasteiger partial charge in [-0.05, 0) is 106 Å². The fourth-order valence-electron chi connectivity index (χ4n) is 8.55. The van der Waals surface area contributed by atoms with E-state index in [2.05, 4.69) is 34.5 Å². The zero-order valence-corrected chi connectivity index (χ0v) is 31.0. The molecule has 0 bridgehead atoms. The molecule has 7 rings (SSSR count). The topological polar surface area (TPSA) is 99.2 Å². The normalized spacial score (nSPS) is 23.8. The molecule has 2 aliphatic heterocycles. The van der Waals surface area contributed by atoms with Crippen molar-refractivity contribution >= 4 is 52.5 Å². The Balaban J connectivity index is 1.00. The summed E-state index contributed by atoms with van der Waals surface area (Å²) < 4.78 is 22.0. The van der Waals surface area contributed by atoms with Gasteiger partial charge in [0.15, 0.2) is 0 Å². The molecule has 2 amide bonds. The Morgan fingerprint density at radius 2 is 1.79 bits per heavy atom. The van der Waals surface area contributed by atoms with E-state index < -0.39 is 11.8 Å². The number of aryl methyl sites for hydroxylation is 1. The van der Waals surface area contributed by atoms with Gasteiger partial charge in [-0.15, -0.1) is 11.3 Å². The van der Waals surface area contributed by atoms with Crippen LogP contribution in [-0.2, 0) is 33.7 Å². The van der Waals surface area contributed by atoms with Gasteiger partial charge in [0.05, 0.1) is 47.4 Å². The summed E-state index contributed by atoms with van der Waals surface area (Å²) in [5, 5.41) is 14.2. The fourth-order valence-corrected chi connectivity index (χ4v) is 9.82. The van der Waals surface area contributed by atoms with Gasteiger partial charge < -0.3 is 20.1 Å². The number of benzene rings is 2. The minimum atomic E-state index is -0.746. The zero-order chi connectivity index (χ0) is 36.2. The second kappa shape index (κ2) is 16.6. The van der Waals surface area contributed by atoms with E-state index in [9.17, 15) is 19.5 Å². The van der Waals surface area contributed by atoms with Gasteiger partial charge in [-0.3, -0.25) is 19.3 Å². The standard InChI is InChI=1S/C41H47ClFN3O5S/c42-35-19-29(36(43)21-37(35)44-40(48)34-25-52-38-9-5-4-8-33(34)38)20-39(47)46-23-30(18-31(46)24-51-32-12-10-28(11-13-32)41(49)50)27-14-16-45(17-15-27)22-26-6-2-1-3-7-26/h1-4,6-8,19,21,25,27-28,30-32H,5,9-18,20,22-24H2,(H,44,48)(H,49,50)/t28?,30-,31-,32?/m0/s1. The van der Waals surface area contributed by atoms with Crippen LogP contribution in [0.3, 0.4) is 0 Å². The van der Waals surface area contributed by atoms with E-state index in [0.717, 1.165) is 62.2 Å². The maximum atomic E-state index is 15.6. The van der Waals surface area contributed by atoms with Gasteiger partial charge in [0.25, 0.3) is 5.91 Å². The van der Waals surface area contributed by atoms with Gasteiger partial charge in [-0.25, -0.2) is 4.39 Å². The van der Waals surface area contributed by atoms with Crippen molar-refractivity contribution in [2.24, 2.45) is 17.8 Å². The highest BCUT2D eigenvalue weighted by molar-refractivity contribution is 7.10. The third-order valence-electron chi connectivity index (χ3n) is 11.6. The van der Waals surface area contributed by atoms with Gasteiger partial charge in [0.1, 0.15) is 5.82 Å². The molecule has 11 heteroatoms. The number of hydrogen-bond donors (Lipinski definition) is 2. The van der Waals surface area contributed by atoms with Crippen molar-refractivity contribution in [1.82, 2.24) is 9.80 Å². The lowest BCUT2D eigenvalue weighted by Crippen LogP contribution is -2.41. The number of carbonyl (C=O) groups is 3. The molecule has 0 unspecified atom stereocenters. The highest BCUT2D eigenvalue weighted by atomic mass is 35.5. The Hall–Kier alpha value is -3.57. The Morgan fingerprint density at radius 1 is 1.02 bits per heavy atom. The first-order valence-corrected chi connectivity index (χ1v) is 19.9. The Labute approximate surface area is 314 Å². The maximum absolute atomic E-state index is 15.6. The average Bonchev–Trinajstić information content (AvgIpc) is 3.79. The first-order chi connectivity index (χ1) is 25.2. The van der Waals surface area contributed by atoms with Crippen LogP contribution in [0.5, 0.6) is 0 Å². The monoisotopic (exact) mass is 747 g/mol. The molecule has 2 atom stereocenters. The number of fused-ring (bicyclic) bond motifs is 1. The summed E-state index contributed by atoms with van der Waals surface area (Å²) >= 11 is 8.14. The number of carboxylic acid groups (broad SMARTS) is 1. The number of amides is 2. The second-order valence-corrected chi connectivity index (χ2v) is 16.3. The maximum Gasteiger partial charge on any atom is 0.306 e. The molecule has 1 aromatic heterocycles. The summed E-state index contributed by atoms with van der Waals surface area (Å²) in [4.78, 5) is 44.2. The molecule has 2 saturated heterocycles. The molecule has 3 heterocycles. The highest BCUT2D eigenvalue weighted by Crippen LogP contribution is 2.37. The predicted molar refractivity (Wildman–Crippen MR) is 202 cm³/mol. The van der Waals surface area contributed by atoms with Crippen LogP contribution in [0.1, 0.15) is 83.3 Å². The van der Waals surface area contributed by atoms with Crippen molar-refractivity contribution in [3.8, 4) is 0 Å². The van der Waals surface area contributed by atoms with Crippen LogP contribution in [0, 0.1) is 23.6 Å². The molecule has 0 spiro atoms. The highest BCUT2D eigenvalue weighted by Gasteiger charge is 2.40. The first kappa shape index (κ1) is 36.8. The number of aliphatic carboxylic acids is 1. The Kier molecular flexibility index (Phi) is 11.8. The van der Waals surface area contributed by atoms with E-state index >= 15 is 4.39 Å². The van der Waals surface area contributed by atoms with Crippen LogP contribution in [0.15, 0.2) is 53.9 Å². The predicted octanol–water partition coefficient (Wildman–Crippen LogP) is 8.08. The number of nitrogens with one attached hydrogen (secondary N) is 1. The number of carbonyl (C=O) groups excluding carboxylic acids is 2. The molecule has 3 fully saturated rings. The fraction of sp³-hybridized carbons (Fsp3) is 0.488. The van der Waals surface area contributed by atoms with E-state index in [0.29, 0.717) is 56.2 Å². The molecule has 3 aromatic rings. The third kappa shape index (κ3) is 8.62. The molecular formula is C41H47ClFN3O5S. The number of piperidine rings is 1. The van der Waals surface area contributed by atoms with E-state index in [4.69, 9.17) is 16.3 Å². The molecule has 276 valence electrons. The number of likely N-dealkylation sites (tertiary alicyclic amines) is 2. The number of nitrogens with zero attached hydrogens (tertiary/aromatic N) is 2. The molecule has 2 N–H and O–H groups in total. The lowest BCUT2D eigenvalue weighted by Gasteiger charge is -2.34. The van der Waals surface area contributed by atoms with Crippen LogP contribution >= 0.6 is 22.9 Å². The molecule has 4 aliphatic rings. The minimum absolute atomic E-state index is 0.0255. The first-order valence-electron chi connectivity index (χ1n) is 18.7. The van der Waals surface area contributed by atoms with Gasteiger partial charge in [0, 0.05) is 28.9 Å². The number of hydrogen-bond acceptors (Lipinski definition) is 6. The summed E-state index contributed by atoms with van der Waals surface area (Å²) in [5.74, 6) is -1.37. The number of thiophene rings is 1. The minimum Gasteiger partial charge on any atom is -0.481 e. The van der Waals surface area contributed by atoms with Crippen LogP contribution in [0.2, 0.25) is 5.02 Å². The van der Waals surface area contributed by atoms with Crippen LogP contribution < -0.4 is 5.32 Å². The van der Waals surface area contributed by atoms with Crippen molar-refractivity contribution in [3.05, 3.63) is 91.9 Å². The van der Waals surface area contributed by atoms with E-state index in [-0.39, 0.29) is 52.6 Å². The van der Waals surface area contributed by atoms with E-state index in [1.165, 1.54) is 17.7 Å². The molecule has 52 heavy (non-hydrogen) atoms. The lowest BCUT2D eigenvalue weighted by molar-refractivity contribution is -0.144. The molecule has 2 aromatic carbocycles. The molecule has 1 saturated carbocycles. The van der Waals surface area contributed by atoms with Gasteiger partial charge in [0.2, 0.25) is 5.91 Å². The molecular weight excluding hydrogens is 701 g/mol. The van der Waals surface area contributed by atoms with E-state index in [1.54, 1.807) is 11.3 Å². The third-order valence-corrected chi connectivity index (χ3v) is 12.9. The summed E-state index contributed by atoms with van der Waals surface area (Å²) in [6.07, 6.45) is 11.2. The van der Waals surface area contributed by atoms with Crippen molar-refractivity contribution in [3.63, 3.8) is 0 Å². The van der Waals surface area contributed by atoms with Crippen molar-refractivity contribution in [2.75, 3.05) is 31.6 Å². The van der Waals surface area contributed by atoms with E-state index in [1.807, 2.05) is 28.5 Å². The summed E-state index contributed by atoms with van der Waals surface area (Å²) in [7, 11) is 0. The lowest BCUT2D eigenvalue weighted by atomic mass is 9.83. The van der Waals surface area contributed by atoms with Crippen LogP contribution in [0.4, 0.5) is 10.1 Å². The average molecular weight is 748 g/mol. The Bertz CT molecular complexity index is 1780. The van der Waals surface area contributed by atoms with Crippen molar-refractivity contribution in [1.29, 1.82) is 0 Å². The molecule has 0 radical (unpaired) electrons. The number of rotatable bonds is 11. The number of allylic oxidation sites excluding steroid dienone is 1. The zero-order valence-electron chi connectivity index (χ0n) is 29.4. The summed E-state index contributed by atoms with van der Waals surface area (Å²) in [6, 6.07) is 13.1. The quantitative estimate of drug-likeness (QED) is 0.206. The number of halogens is 2. The SMILES string of the molecule is O=C(Nc1cc(F)c(CC(=O)N2C[C@@H](C3CCN(Cc4ccccc4)CC3)C[C@H]2COC2CCC(C(=O)O)CC2)cc1Cl)c1csc2c1C=CCC2. The second-order valence-electron chi connectivity index (χ2n) is 14.9. The Morgan fingerprint density at radius 3 is 2.54 bits per heavy atom. The molecule has 2 aliphatic carbocycles. The van der Waals surface area contributed by atoms with Crippen molar-refractivity contribution < 1.29 is 28.6 Å². The summed E-state index contributed by atoms with van der Waals surface area (Å²) in [5.41, 5.74) is 3.12. The van der Waals surface area contributed by atoms with Gasteiger partial charge >= 0.3 is 5.97 Å². The number of carboxylic acids is 1. The smallest absolute Gasteiger partial charge is 0.306 e. The van der Waals surface area contributed by atoms with Crippen molar-refractivity contribution in [2.45, 2.75) is 82.9 Å². The summed E-state index contributed by atoms with van der Waals surface area (Å²) in [6.45, 7) is 3.94. The largest absolute Gasteiger partial charge is 0.481 e. The number of ether oxygens (including phenoxy) is 1. The van der Waals surface area contributed by atoms with Gasteiger partial charge in [-0.2, -0.15) is 0 Å². The number of anilines is 1. The molecule has 8 nitrogen and oxygen atoms in total.